The number of ether oxygens (including phenoxy) is 3. The van der Waals surface area contributed by atoms with Crippen molar-refractivity contribution in [2.45, 2.75) is 79.1 Å². The number of hydrogen-bond acceptors (Lipinski definition) is 34. The molecule has 3 amide bonds. The van der Waals surface area contributed by atoms with Crippen LogP contribution >= 0.6 is 125 Å². The normalized spacial score (nSPS) is 10.8. The number of aliphatic carboxylic acids is 1. The number of H-pyrrole nitrogens is 1. The van der Waals surface area contributed by atoms with Gasteiger partial charge in [0.1, 0.15) is 84.4 Å². The van der Waals surface area contributed by atoms with Gasteiger partial charge in [-0.05, 0) is 274 Å². The summed E-state index contributed by atoms with van der Waals surface area (Å²) < 4.78 is 37.9. The number of benzene rings is 5. The number of nitro groups is 3. The zero-order valence-electron chi connectivity index (χ0n) is 71.5. The molecule has 132 heavy (non-hydrogen) atoms. The van der Waals surface area contributed by atoms with Crippen LogP contribution in [-0.4, -0.2) is 205 Å². The standard InChI is InChI=1S/C17H19IN6O2.C16H15IN6O4.C16H17IN6O2.C11H7IN6O2.C6H4FNO2.C6H11NO2.C5H4IN5.CH4O.ClH.Fe/c1-17(2,3)26-16(25)22-14-12-13(18)23-24(15(12)21-9-20-14)11-7-5-10(19-4)6-8-11;1-16(2,3)27-15(24)20-13-11-12(17)21-22(14(11)19-8-18-13)9-4-6-10(7-5-9)23(25)26;1-16(2,3)25-15(24)21-13-11-12(17)22-23(14(11)20-8-19-13)10-6-4-9(18)5-7-10;12-9-8-10(13)14-5-15-11(8)17(16-9)6-1-3-7(4-2-6)18(19)20;7-5-1-3-6(4-2-5)8(9)10;1-7(2)5-3-4-6(8)9;6-3-2-4(7)8-1-9-5(2)11-10-3;1-2;;/h5-9,19H,1-4H3,(H,20,21,22,25);4-8H,1-3H3,(H,18,19,20,24);4-8H,18H2,1-3H3,(H,19,20,21,24);1-5H,(H2,13,14,15);1-4H;3-4H,5H2,1-2H3,(H,8,9);1H,(H3,7,8,9,10,11);2H,1H3;1H;/b;;;;;4-3+;;;;. The number of nitrogens with one attached hydrogen (secondary N) is 5. The van der Waals surface area contributed by atoms with Crippen molar-refractivity contribution >= 4 is 262 Å². The Hall–Kier alpha value is -12.4. The second-order valence-corrected chi connectivity index (χ2v) is 34.2. The molecule has 0 aliphatic heterocycles. The molecule has 0 saturated carbocycles. The molecule has 0 fully saturated rings. The summed E-state index contributed by atoms with van der Waals surface area (Å²) >= 11 is 10.3. The number of nitrogen functional groups attached to an aromatic ring is 3. The third-order valence-corrected chi connectivity index (χ3v) is 19.6. The Morgan fingerprint density at radius 3 is 1.08 bits per heavy atom. The van der Waals surface area contributed by atoms with E-state index in [9.17, 15) is 53.9 Å². The van der Waals surface area contributed by atoms with Gasteiger partial charge in [0.05, 0.1) is 64.5 Å². The number of amides is 3. The Balaban J connectivity index is 0.000000243. The van der Waals surface area contributed by atoms with Gasteiger partial charge in [0.25, 0.3) is 17.1 Å². The number of rotatable bonds is 14. The number of fused-ring (bicyclic) bond motifs is 5. The first kappa shape index (κ1) is 108. The third-order valence-electron chi connectivity index (χ3n) is 15.8. The largest absolute Gasteiger partial charge is 0.478 e. The van der Waals surface area contributed by atoms with Gasteiger partial charge in [0.15, 0.2) is 45.7 Å². The number of anilines is 7. The third kappa shape index (κ3) is 30.9. The van der Waals surface area contributed by atoms with Crippen LogP contribution in [0, 0.1) is 54.7 Å². The molecule has 0 bridgehead atoms. The monoisotopic (exact) mass is 2440 g/mol. The Morgan fingerprint density at radius 1 is 0.477 bits per heavy atom. The van der Waals surface area contributed by atoms with E-state index in [1.165, 1.54) is 60.6 Å². The summed E-state index contributed by atoms with van der Waals surface area (Å²) in [7, 11) is 6.63. The number of likely N-dealkylation sites (N-methyl/N-ethyl adjacent to an activating group) is 1. The molecule has 46 nitrogen and oxygen atoms in total. The number of aliphatic hydroxyl groups excluding tert-OH is 1. The van der Waals surface area contributed by atoms with E-state index in [2.05, 4.69) is 169 Å². The van der Waals surface area contributed by atoms with E-state index < -0.39 is 61.6 Å². The first-order valence-electron chi connectivity index (χ1n) is 37.3. The summed E-state index contributed by atoms with van der Waals surface area (Å²) in [6.07, 6.45) is 7.78. The average Bonchev–Trinajstić information content (AvgIpc) is 1.63. The molecule has 0 spiro atoms. The van der Waals surface area contributed by atoms with E-state index in [-0.39, 0.29) is 52.4 Å². The minimum Gasteiger partial charge on any atom is -0.478 e. The van der Waals surface area contributed by atoms with Crippen LogP contribution in [-0.2, 0) is 36.1 Å². The maximum atomic E-state index is 12.1. The SMILES string of the molecule is CC(C)(C)OC(=O)Nc1ncnc2c1c(I)nn2-c1ccc(N)cc1.CC(C)(C)OC(=O)Nc1ncnc2c1c(I)nn2-c1ccc([N+](=O)[O-])cc1.CN(C)C/C=C/C(=O)O.CNc1ccc(-n2nc(I)c3c(NC(=O)OC(C)(C)C)ncnc32)cc1.CO.Cl.Nc1ncnc2c1c(I)nn2-c1ccc([N+](=O)[O-])cc1.Nc1ncnc2n[nH]c(I)c12.O=[N+]([O-])c1ccc(F)cc1.[Fe]. The number of carbonyl (C=O) groups excluding carboxylic acids is 3. The second-order valence-electron chi connectivity index (χ2n) is 29.1. The zero-order chi connectivity index (χ0) is 95.8. The summed E-state index contributed by atoms with van der Waals surface area (Å²) in [6.45, 7) is 16.8. The summed E-state index contributed by atoms with van der Waals surface area (Å²) in [5.41, 5.74) is 22.6. The fourth-order valence-corrected chi connectivity index (χ4v) is 14.0. The van der Waals surface area contributed by atoms with Gasteiger partial charge in [0, 0.05) is 91.6 Å². The summed E-state index contributed by atoms with van der Waals surface area (Å²) in [5.74, 6) is 0.451. The number of halogens is 7. The molecule has 10 aromatic heterocycles. The van der Waals surface area contributed by atoms with Gasteiger partial charge in [-0.15, -0.1) is 12.4 Å². The van der Waals surface area contributed by atoms with Crippen molar-refractivity contribution < 1.29 is 79.8 Å². The first-order valence-corrected chi connectivity index (χ1v) is 42.7. The number of aliphatic hydroxyl groups is 1. The topological polar surface area (TPSA) is 624 Å². The second kappa shape index (κ2) is 49.2. The summed E-state index contributed by atoms with van der Waals surface area (Å²) in [4.78, 5) is 119. The van der Waals surface area contributed by atoms with Gasteiger partial charge in [-0.1, -0.05) is 6.08 Å². The molecule has 13 N–H and O–H groups in total. The summed E-state index contributed by atoms with van der Waals surface area (Å²) in [5, 5.41) is 85.5. The minimum atomic E-state index is -0.892. The van der Waals surface area contributed by atoms with Crippen molar-refractivity contribution in [1.29, 1.82) is 0 Å². The van der Waals surface area contributed by atoms with E-state index in [0.717, 1.165) is 63.6 Å². The van der Waals surface area contributed by atoms with Crippen molar-refractivity contribution in [2.24, 2.45) is 0 Å². The molecule has 5 aromatic carbocycles. The molecule has 0 aliphatic rings. The van der Waals surface area contributed by atoms with Crippen molar-refractivity contribution in [3.8, 4) is 22.7 Å². The predicted molar refractivity (Wildman–Crippen MR) is 531 cm³/mol. The van der Waals surface area contributed by atoms with E-state index in [0.29, 0.717) is 111 Å². The van der Waals surface area contributed by atoms with Crippen LogP contribution in [0.15, 0.2) is 165 Å². The Labute approximate surface area is 833 Å². The molecule has 0 saturated heterocycles. The maximum Gasteiger partial charge on any atom is 0.413 e. The fraction of sp³-hybridized carbons (Fsp3) is 0.218. The number of nitrogens with two attached hydrogens (primary N) is 3. The Morgan fingerprint density at radius 2 is 0.773 bits per heavy atom. The van der Waals surface area contributed by atoms with Crippen molar-refractivity contribution in [2.75, 3.05) is 73.3 Å². The van der Waals surface area contributed by atoms with Crippen LogP contribution < -0.4 is 38.5 Å². The number of carboxylic acid groups (broad SMARTS) is 1. The van der Waals surface area contributed by atoms with Gasteiger partial charge in [0.2, 0.25) is 0 Å². The van der Waals surface area contributed by atoms with Gasteiger partial charge >= 0.3 is 24.2 Å². The summed E-state index contributed by atoms with van der Waals surface area (Å²) in [6, 6.07) is 31.4. The van der Waals surface area contributed by atoms with Gasteiger partial charge in [-0.2, -0.15) is 25.5 Å². The predicted octanol–water partition coefficient (Wildman–Crippen LogP) is 15.2. The maximum absolute atomic E-state index is 12.1. The van der Waals surface area contributed by atoms with Crippen molar-refractivity contribution in [3.63, 3.8) is 0 Å². The van der Waals surface area contributed by atoms with E-state index in [1.807, 2.05) is 108 Å². The number of aromatic amines is 1. The number of nitro benzene ring substituents is 3. The van der Waals surface area contributed by atoms with E-state index in [4.69, 9.17) is 41.6 Å². The van der Waals surface area contributed by atoms with Crippen LogP contribution in [0.5, 0.6) is 0 Å². The molecular weight excluding hydrogens is 2360 g/mol. The molecule has 0 radical (unpaired) electrons. The molecule has 10 heterocycles. The number of non-ortho nitro benzene ring substituents is 3. The molecule has 54 heteroatoms. The Bertz CT molecular complexity index is 6570. The van der Waals surface area contributed by atoms with Crippen LogP contribution in [0.3, 0.4) is 0 Å². The Kier molecular flexibility index (Phi) is 40.4. The quantitative estimate of drug-likeness (QED) is 0.00919. The molecule has 0 atom stereocenters. The zero-order valence-corrected chi connectivity index (χ0v) is 84.3. The number of carbonyl (C=O) groups is 4. The number of carboxylic acids is 1. The van der Waals surface area contributed by atoms with Crippen LogP contribution in [0.1, 0.15) is 62.3 Å². The number of nitrogens with zero attached hydrogens (tertiary/aromatic N) is 23. The minimum absolute atomic E-state index is 0. The smallest absolute Gasteiger partial charge is 0.413 e. The molecule has 15 rings (SSSR count). The molecule has 0 aliphatic carbocycles. The van der Waals surface area contributed by atoms with Gasteiger partial charge in [-0.25, -0.2) is 92.1 Å². The van der Waals surface area contributed by atoms with Crippen LogP contribution in [0.25, 0.3) is 77.9 Å². The van der Waals surface area contributed by atoms with Crippen molar-refractivity contribution in [3.05, 3.63) is 220 Å². The van der Waals surface area contributed by atoms with E-state index >= 15 is 0 Å². The van der Waals surface area contributed by atoms with E-state index in [1.54, 1.807) is 119 Å². The van der Waals surface area contributed by atoms with Gasteiger partial charge in [-0.3, -0.25) is 51.4 Å². The van der Waals surface area contributed by atoms with Crippen LogP contribution in [0.4, 0.5) is 76.3 Å². The molecule has 696 valence electrons. The fourth-order valence-electron chi connectivity index (χ4n) is 10.5. The molecular formula is C78H82ClFFeI5N31O15. The molecule has 15 aromatic rings. The molecule has 0 unspecified atom stereocenters. The van der Waals surface area contributed by atoms with Gasteiger partial charge < -0.3 is 51.8 Å². The number of aromatic nitrogens is 20. The first-order chi connectivity index (χ1) is 61.4. The van der Waals surface area contributed by atoms with Crippen LogP contribution in [0.2, 0.25) is 0 Å². The van der Waals surface area contributed by atoms with Crippen molar-refractivity contribution in [1.82, 2.24) is 104 Å². The number of hydrogen-bond donors (Lipinski definition) is 10. The average molecular weight is 2440 g/mol.